The Kier molecular flexibility index (Phi) is 3.82. The van der Waals surface area contributed by atoms with E-state index in [1.165, 1.54) is 4.57 Å². The summed E-state index contributed by atoms with van der Waals surface area (Å²) in [4.78, 5) is 29.6. The summed E-state index contributed by atoms with van der Waals surface area (Å²) in [6.07, 6.45) is 5.43. The van der Waals surface area contributed by atoms with E-state index in [-0.39, 0.29) is 6.04 Å². The molecule has 2 aromatic heterocycles. The van der Waals surface area contributed by atoms with Crippen LogP contribution in [-0.4, -0.2) is 40.4 Å². The van der Waals surface area contributed by atoms with Crippen LogP contribution in [0.15, 0.2) is 27.9 Å². The molecule has 24 heavy (non-hydrogen) atoms. The molecule has 0 aliphatic carbocycles. The van der Waals surface area contributed by atoms with Crippen molar-refractivity contribution in [3.8, 4) is 0 Å². The lowest BCUT2D eigenvalue weighted by atomic mass is 10.1. The second-order valence-electron chi connectivity index (χ2n) is 6.33. The highest BCUT2D eigenvalue weighted by Crippen LogP contribution is 2.24. The summed E-state index contributed by atoms with van der Waals surface area (Å²) in [6, 6.07) is 1.95. The zero-order valence-corrected chi connectivity index (χ0v) is 13.6. The summed E-state index contributed by atoms with van der Waals surface area (Å²) in [5, 5.41) is 3.28. The van der Waals surface area contributed by atoms with Gasteiger partial charge in [-0.1, -0.05) is 6.08 Å². The van der Waals surface area contributed by atoms with Crippen molar-refractivity contribution in [1.29, 1.82) is 0 Å². The van der Waals surface area contributed by atoms with Crippen LogP contribution in [-0.2, 0) is 11.8 Å². The van der Waals surface area contributed by atoms with Gasteiger partial charge in [0.25, 0.3) is 0 Å². The Morgan fingerprint density at radius 3 is 2.75 bits per heavy atom. The van der Waals surface area contributed by atoms with E-state index in [9.17, 15) is 9.59 Å². The Labute approximate surface area is 138 Å². The highest BCUT2D eigenvalue weighted by atomic mass is 16.5. The summed E-state index contributed by atoms with van der Waals surface area (Å²) < 4.78 is 8.37. The van der Waals surface area contributed by atoms with E-state index in [0.29, 0.717) is 24.4 Å². The third-order valence-corrected chi connectivity index (χ3v) is 4.89. The van der Waals surface area contributed by atoms with Crippen LogP contribution in [0, 0.1) is 0 Å². The molecule has 7 nitrogen and oxygen atoms in total. The minimum Gasteiger partial charge on any atom is -0.373 e. The van der Waals surface area contributed by atoms with Crippen LogP contribution >= 0.6 is 0 Å². The van der Waals surface area contributed by atoms with Gasteiger partial charge in [-0.05, 0) is 37.6 Å². The first-order valence-corrected chi connectivity index (χ1v) is 8.26. The van der Waals surface area contributed by atoms with Crippen LogP contribution in [0.2, 0.25) is 0 Å². The van der Waals surface area contributed by atoms with E-state index < -0.39 is 11.1 Å². The average molecular weight is 328 g/mol. The first-order valence-electron chi connectivity index (χ1n) is 8.26. The molecule has 0 atom stereocenters. The van der Waals surface area contributed by atoms with Gasteiger partial charge in [-0.2, -0.15) is 0 Å². The highest BCUT2D eigenvalue weighted by Gasteiger charge is 2.22. The van der Waals surface area contributed by atoms with Gasteiger partial charge in [0.2, 0.25) is 0 Å². The maximum atomic E-state index is 12.6. The molecule has 4 rings (SSSR count). The van der Waals surface area contributed by atoms with Gasteiger partial charge in [-0.15, -0.1) is 0 Å². The maximum absolute atomic E-state index is 12.6. The Morgan fingerprint density at radius 2 is 2.04 bits per heavy atom. The molecule has 0 amide bonds. The van der Waals surface area contributed by atoms with Gasteiger partial charge in [0, 0.05) is 24.8 Å². The highest BCUT2D eigenvalue weighted by molar-refractivity contribution is 5.78. The number of pyridine rings is 1. The van der Waals surface area contributed by atoms with Crippen LogP contribution in [0.3, 0.4) is 0 Å². The minimum atomic E-state index is -0.503. The van der Waals surface area contributed by atoms with Gasteiger partial charge < -0.3 is 14.6 Å². The third kappa shape index (κ3) is 2.40. The van der Waals surface area contributed by atoms with Crippen molar-refractivity contribution in [3.63, 3.8) is 0 Å². The van der Waals surface area contributed by atoms with E-state index in [0.717, 1.165) is 37.1 Å². The number of ether oxygens (including phenoxy) is 1. The molecule has 7 heteroatoms. The summed E-state index contributed by atoms with van der Waals surface area (Å²) in [5.41, 5.74) is 2.28. The normalized spacial score (nSPS) is 19.0. The van der Waals surface area contributed by atoms with Gasteiger partial charge >= 0.3 is 11.1 Å². The van der Waals surface area contributed by atoms with Crippen LogP contribution < -0.4 is 16.4 Å². The molecular formula is C17H20N4O3. The zero-order valence-electron chi connectivity index (χ0n) is 13.6. The average Bonchev–Trinajstić information content (AvgIpc) is 3.15. The van der Waals surface area contributed by atoms with Gasteiger partial charge in [-0.3, -0.25) is 14.2 Å². The molecule has 4 heterocycles. The minimum absolute atomic E-state index is 0.0162. The van der Waals surface area contributed by atoms with Crippen LogP contribution in [0.1, 0.15) is 24.4 Å². The standard InChI is InChI=1S/C17H20N4O3/c1-20-14-8-12(11-4-7-24-10-11)9-19-15(14)21(17(23)16(20)22)13-2-5-18-6-3-13/h4,8-9,13,18H,2-3,5-7,10H2,1H3. The Bertz CT molecular complexity index is 935. The lowest BCUT2D eigenvalue weighted by Gasteiger charge is -2.26. The monoisotopic (exact) mass is 328 g/mol. The van der Waals surface area contributed by atoms with E-state index >= 15 is 0 Å². The molecule has 1 fully saturated rings. The molecular weight excluding hydrogens is 308 g/mol. The molecule has 0 saturated carbocycles. The van der Waals surface area contributed by atoms with E-state index in [1.807, 2.05) is 12.1 Å². The van der Waals surface area contributed by atoms with Crippen LogP contribution in [0.5, 0.6) is 0 Å². The summed E-state index contributed by atoms with van der Waals surface area (Å²) in [6.45, 7) is 2.84. The lowest BCUT2D eigenvalue weighted by molar-refractivity contribution is 0.216. The second-order valence-corrected chi connectivity index (χ2v) is 6.33. The van der Waals surface area contributed by atoms with Gasteiger partial charge in [0.15, 0.2) is 5.65 Å². The first kappa shape index (κ1) is 15.3. The number of nitrogens with zero attached hydrogens (tertiary/aromatic N) is 3. The fourth-order valence-corrected chi connectivity index (χ4v) is 3.50. The Morgan fingerprint density at radius 1 is 1.25 bits per heavy atom. The second kappa shape index (κ2) is 5.99. The van der Waals surface area contributed by atoms with Crippen molar-refractivity contribution in [2.75, 3.05) is 26.3 Å². The number of nitrogens with one attached hydrogen (secondary N) is 1. The van der Waals surface area contributed by atoms with Gasteiger partial charge in [0.1, 0.15) is 0 Å². The molecule has 2 aromatic rings. The fraction of sp³-hybridized carbons (Fsp3) is 0.471. The SMILES string of the molecule is Cn1c(=O)c(=O)n(C2CCNCC2)c2ncc(C3=CCOC3)cc21. The number of fused-ring (bicyclic) bond motifs is 1. The molecule has 0 radical (unpaired) electrons. The van der Waals surface area contributed by atoms with E-state index in [2.05, 4.69) is 10.3 Å². The van der Waals surface area contributed by atoms with Crippen molar-refractivity contribution in [1.82, 2.24) is 19.4 Å². The largest absolute Gasteiger partial charge is 0.373 e. The summed E-state index contributed by atoms with van der Waals surface area (Å²) in [5.74, 6) is 0. The number of aromatic nitrogens is 3. The Balaban J connectivity index is 1.95. The fourth-order valence-electron chi connectivity index (χ4n) is 3.50. The van der Waals surface area contributed by atoms with E-state index in [1.54, 1.807) is 17.8 Å². The quantitative estimate of drug-likeness (QED) is 0.809. The predicted octanol–water partition coefficient (Wildman–Crippen LogP) is 0.433. The number of aryl methyl sites for hydroxylation is 1. The van der Waals surface area contributed by atoms with Crippen molar-refractivity contribution in [3.05, 3.63) is 44.6 Å². The predicted molar refractivity (Wildman–Crippen MR) is 91.2 cm³/mol. The molecule has 2 aliphatic heterocycles. The van der Waals surface area contributed by atoms with Gasteiger partial charge in [0.05, 0.1) is 18.7 Å². The topological polar surface area (TPSA) is 78.2 Å². The van der Waals surface area contributed by atoms with Crippen molar-refractivity contribution >= 4 is 16.7 Å². The van der Waals surface area contributed by atoms with Gasteiger partial charge in [-0.25, -0.2) is 4.98 Å². The third-order valence-electron chi connectivity index (χ3n) is 4.89. The maximum Gasteiger partial charge on any atom is 0.318 e. The van der Waals surface area contributed by atoms with Crippen LogP contribution in [0.25, 0.3) is 16.7 Å². The summed E-state index contributed by atoms with van der Waals surface area (Å²) in [7, 11) is 1.63. The van der Waals surface area contributed by atoms with Crippen LogP contribution in [0.4, 0.5) is 0 Å². The zero-order chi connectivity index (χ0) is 16.7. The number of rotatable bonds is 2. The van der Waals surface area contributed by atoms with Crippen molar-refractivity contribution in [2.24, 2.45) is 7.05 Å². The molecule has 0 aromatic carbocycles. The molecule has 0 unspecified atom stereocenters. The molecule has 0 spiro atoms. The van der Waals surface area contributed by atoms with Crippen molar-refractivity contribution in [2.45, 2.75) is 18.9 Å². The number of hydrogen-bond donors (Lipinski definition) is 1. The van der Waals surface area contributed by atoms with E-state index in [4.69, 9.17) is 4.74 Å². The Hall–Kier alpha value is -2.25. The molecule has 1 saturated heterocycles. The smallest absolute Gasteiger partial charge is 0.318 e. The molecule has 126 valence electrons. The molecule has 2 aliphatic rings. The summed E-state index contributed by atoms with van der Waals surface area (Å²) >= 11 is 0. The number of hydrogen-bond acceptors (Lipinski definition) is 5. The molecule has 1 N–H and O–H groups in total. The first-order chi connectivity index (χ1) is 11.7. The number of piperidine rings is 1. The van der Waals surface area contributed by atoms with Crippen molar-refractivity contribution < 1.29 is 4.74 Å². The molecule has 0 bridgehead atoms. The lowest BCUT2D eigenvalue weighted by Crippen LogP contribution is -2.44.